The van der Waals surface area contributed by atoms with Crippen molar-refractivity contribution in [2.45, 2.75) is 11.4 Å². The third kappa shape index (κ3) is 3.08. The van der Waals surface area contributed by atoms with Crippen LogP contribution in [0.25, 0.3) is 0 Å². The molecule has 1 aromatic carbocycles. The Bertz CT molecular complexity index is 683. The van der Waals surface area contributed by atoms with Crippen molar-refractivity contribution in [3.63, 3.8) is 0 Å². The molecule has 1 aromatic heterocycles. The second-order valence-corrected chi connectivity index (χ2v) is 5.17. The van der Waals surface area contributed by atoms with Crippen LogP contribution in [0.2, 0.25) is 0 Å². The molecule has 2 rings (SSSR count). The normalized spacial score (nSPS) is 11.4. The number of H-pyrrole nitrogens is 1. The number of rotatable bonds is 5. The lowest BCUT2D eigenvalue weighted by Gasteiger charge is -2.04. The fourth-order valence-electron chi connectivity index (χ4n) is 1.26. The molecule has 0 aliphatic rings. The van der Waals surface area contributed by atoms with E-state index in [1.54, 1.807) is 0 Å². The summed E-state index contributed by atoms with van der Waals surface area (Å²) in [6.45, 7) is -0.165. The van der Waals surface area contributed by atoms with Crippen molar-refractivity contribution in [3.05, 3.63) is 40.2 Å². The molecule has 0 bridgehead atoms. The van der Waals surface area contributed by atoms with Gasteiger partial charge in [0.1, 0.15) is 0 Å². The van der Waals surface area contributed by atoms with Gasteiger partial charge in [-0.25, -0.2) is 13.1 Å². The molecule has 10 nitrogen and oxygen atoms in total. The van der Waals surface area contributed by atoms with Gasteiger partial charge in [0.15, 0.2) is 5.82 Å². The van der Waals surface area contributed by atoms with Gasteiger partial charge in [0.2, 0.25) is 10.0 Å². The fraction of sp³-hybridized carbons (Fsp3) is 0.125. The Morgan fingerprint density at radius 2 is 2.21 bits per heavy atom. The summed E-state index contributed by atoms with van der Waals surface area (Å²) in [6, 6.07) is 4.73. The molecule has 1 heterocycles. The summed E-state index contributed by atoms with van der Waals surface area (Å²) < 4.78 is 26.0. The lowest BCUT2D eigenvalue weighted by atomic mass is 10.3. The van der Waals surface area contributed by atoms with Crippen LogP contribution in [0.15, 0.2) is 29.2 Å². The molecule has 2 aromatic rings. The highest BCUT2D eigenvalue weighted by Crippen LogP contribution is 2.17. The van der Waals surface area contributed by atoms with Crippen LogP contribution in [0.1, 0.15) is 5.82 Å². The molecule has 0 amide bonds. The molecule has 0 spiro atoms. The Balaban J connectivity index is 2.19. The standard InChI is InChI=1S/C8H8N6O4S/c15-14(16)6-2-1-3-7(4-6)19(17,18)9-5-8-10-12-13-11-8/h1-4,9H,5H2,(H,10,11,12,13). The second-order valence-electron chi connectivity index (χ2n) is 3.41. The zero-order chi connectivity index (χ0) is 13.9. The molecule has 100 valence electrons. The predicted octanol–water partition coefficient (Wildman–Crippen LogP) is -0.414. The first-order chi connectivity index (χ1) is 8.99. The minimum absolute atomic E-state index is 0.161. The molecule has 0 fully saturated rings. The lowest BCUT2D eigenvalue weighted by Crippen LogP contribution is -2.23. The Labute approximate surface area is 107 Å². The van der Waals surface area contributed by atoms with Crippen molar-refractivity contribution in [1.29, 1.82) is 0 Å². The summed E-state index contributed by atoms with van der Waals surface area (Å²) in [5.41, 5.74) is -0.303. The van der Waals surface area contributed by atoms with Crippen LogP contribution in [0.4, 0.5) is 5.69 Å². The van der Waals surface area contributed by atoms with E-state index in [1.165, 1.54) is 18.2 Å². The maximum absolute atomic E-state index is 11.9. The average molecular weight is 284 g/mol. The third-order valence-corrected chi connectivity index (χ3v) is 3.55. The first-order valence-electron chi connectivity index (χ1n) is 4.95. The molecule has 0 aliphatic carbocycles. The summed E-state index contributed by atoms with van der Waals surface area (Å²) >= 11 is 0. The number of benzene rings is 1. The Morgan fingerprint density at radius 1 is 1.42 bits per heavy atom. The molecule has 0 saturated heterocycles. The summed E-state index contributed by atoms with van der Waals surface area (Å²) in [4.78, 5) is 9.71. The quantitative estimate of drug-likeness (QED) is 0.560. The highest BCUT2D eigenvalue weighted by Gasteiger charge is 2.17. The van der Waals surface area contributed by atoms with Crippen molar-refractivity contribution < 1.29 is 13.3 Å². The van der Waals surface area contributed by atoms with Gasteiger partial charge in [-0.2, -0.15) is 5.21 Å². The molecular formula is C8H8N6O4S. The summed E-state index contributed by atoms with van der Waals surface area (Å²) in [5, 5.41) is 23.2. The maximum atomic E-state index is 11.9. The molecule has 2 N–H and O–H groups in total. The molecule has 0 aliphatic heterocycles. The van der Waals surface area contributed by atoms with Crippen LogP contribution in [0, 0.1) is 10.1 Å². The van der Waals surface area contributed by atoms with Gasteiger partial charge in [-0.15, -0.1) is 10.2 Å². The van der Waals surface area contributed by atoms with E-state index in [4.69, 9.17) is 0 Å². The van der Waals surface area contributed by atoms with Gasteiger partial charge in [0.25, 0.3) is 5.69 Å². The van der Waals surface area contributed by atoms with E-state index in [1.807, 2.05) is 0 Å². The summed E-state index contributed by atoms with van der Waals surface area (Å²) in [7, 11) is -3.87. The van der Waals surface area contributed by atoms with Crippen molar-refractivity contribution in [2.75, 3.05) is 0 Å². The summed E-state index contributed by atoms with van der Waals surface area (Å²) in [5.74, 6) is 0.161. The minimum Gasteiger partial charge on any atom is -0.258 e. The first-order valence-corrected chi connectivity index (χ1v) is 6.44. The molecule has 0 atom stereocenters. The van der Waals surface area contributed by atoms with Gasteiger partial charge < -0.3 is 0 Å². The van der Waals surface area contributed by atoms with Gasteiger partial charge in [-0.1, -0.05) is 11.3 Å². The van der Waals surface area contributed by atoms with E-state index in [0.29, 0.717) is 0 Å². The molecule has 0 unspecified atom stereocenters. The van der Waals surface area contributed by atoms with E-state index in [0.717, 1.165) is 6.07 Å². The number of aromatic nitrogens is 4. The number of hydrogen-bond acceptors (Lipinski definition) is 7. The number of nitrogens with zero attached hydrogens (tertiary/aromatic N) is 4. The van der Waals surface area contributed by atoms with Crippen LogP contribution in [0.5, 0.6) is 0 Å². The zero-order valence-electron chi connectivity index (χ0n) is 9.35. The fourth-order valence-corrected chi connectivity index (χ4v) is 2.28. The van der Waals surface area contributed by atoms with Gasteiger partial charge in [-0.3, -0.25) is 10.1 Å². The van der Waals surface area contributed by atoms with Crippen LogP contribution in [-0.4, -0.2) is 34.0 Å². The van der Waals surface area contributed by atoms with Crippen LogP contribution in [0.3, 0.4) is 0 Å². The number of aromatic amines is 1. The first kappa shape index (κ1) is 13.0. The molecule has 0 saturated carbocycles. The second kappa shape index (κ2) is 5.07. The number of nitrogens with one attached hydrogen (secondary N) is 2. The number of sulfonamides is 1. The third-order valence-electron chi connectivity index (χ3n) is 2.15. The topological polar surface area (TPSA) is 144 Å². The van der Waals surface area contributed by atoms with Gasteiger partial charge >= 0.3 is 0 Å². The van der Waals surface area contributed by atoms with Crippen molar-refractivity contribution in [1.82, 2.24) is 25.3 Å². The van der Waals surface area contributed by atoms with E-state index in [9.17, 15) is 18.5 Å². The maximum Gasteiger partial charge on any atom is 0.270 e. The van der Waals surface area contributed by atoms with Crippen molar-refractivity contribution >= 4 is 15.7 Å². The number of nitro groups is 1. The van der Waals surface area contributed by atoms with Gasteiger partial charge in [0, 0.05) is 12.1 Å². The van der Waals surface area contributed by atoms with Crippen molar-refractivity contribution in [2.24, 2.45) is 0 Å². The monoisotopic (exact) mass is 284 g/mol. The van der Waals surface area contributed by atoms with Crippen LogP contribution < -0.4 is 4.72 Å². The highest BCUT2D eigenvalue weighted by molar-refractivity contribution is 7.89. The summed E-state index contributed by atoms with van der Waals surface area (Å²) in [6.07, 6.45) is 0. The zero-order valence-corrected chi connectivity index (χ0v) is 10.2. The lowest BCUT2D eigenvalue weighted by molar-refractivity contribution is -0.385. The Kier molecular flexibility index (Phi) is 3.48. The van der Waals surface area contributed by atoms with Gasteiger partial charge in [-0.05, 0) is 6.07 Å². The van der Waals surface area contributed by atoms with E-state index >= 15 is 0 Å². The van der Waals surface area contributed by atoms with E-state index < -0.39 is 14.9 Å². The Morgan fingerprint density at radius 3 is 2.84 bits per heavy atom. The predicted molar refractivity (Wildman–Crippen MR) is 61.3 cm³/mol. The molecule has 11 heteroatoms. The van der Waals surface area contributed by atoms with E-state index in [2.05, 4.69) is 25.3 Å². The number of hydrogen-bond donors (Lipinski definition) is 2. The average Bonchev–Trinajstić information content (AvgIpc) is 2.90. The number of nitro benzene ring substituents is 1. The van der Waals surface area contributed by atoms with E-state index in [-0.39, 0.29) is 23.0 Å². The minimum atomic E-state index is -3.87. The van der Waals surface area contributed by atoms with Crippen LogP contribution in [-0.2, 0) is 16.6 Å². The molecule has 19 heavy (non-hydrogen) atoms. The van der Waals surface area contributed by atoms with Crippen molar-refractivity contribution in [3.8, 4) is 0 Å². The number of non-ortho nitro benzene ring substituents is 1. The molecular weight excluding hydrogens is 276 g/mol. The van der Waals surface area contributed by atoms with Gasteiger partial charge in [0.05, 0.1) is 16.4 Å². The van der Waals surface area contributed by atoms with Crippen LogP contribution >= 0.6 is 0 Å². The molecule has 0 radical (unpaired) electrons. The largest absolute Gasteiger partial charge is 0.270 e. The highest BCUT2D eigenvalue weighted by atomic mass is 32.2. The Hall–Kier alpha value is -2.40. The smallest absolute Gasteiger partial charge is 0.258 e. The number of tetrazole rings is 1. The SMILES string of the molecule is O=[N+]([O-])c1cccc(S(=O)(=O)NCc2nn[nH]n2)c1.